The van der Waals surface area contributed by atoms with Gasteiger partial charge in [0.25, 0.3) is 0 Å². The van der Waals surface area contributed by atoms with Gasteiger partial charge in [-0.15, -0.1) is 11.3 Å². The molecule has 0 unspecified atom stereocenters. The van der Waals surface area contributed by atoms with E-state index in [1.54, 1.807) is 0 Å². The maximum absolute atomic E-state index is 3.08. The summed E-state index contributed by atoms with van der Waals surface area (Å²) in [5.41, 5.74) is 0. The van der Waals surface area contributed by atoms with Crippen LogP contribution < -0.4 is 5.32 Å². The molecule has 1 nitrogen and oxygen atoms in total. The van der Waals surface area contributed by atoms with E-state index in [0.717, 1.165) is 13.0 Å². The Morgan fingerprint density at radius 3 is 2.92 bits per heavy atom. The third-order valence-corrected chi connectivity index (χ3v) is 2.83. The van der Waals surface area contributed by atoms with Crippen molar-refractivity contribution in [1.82, 2.24) is 5.32 Å². The van der Waals surface area contributed by atoms with Crippen LogP contribution in [0.25, 0.3) is 6.08 Å². The Kier molecular flexibility index (Phi) is 4.05. The zero-order valence-electron chi connectivity index (χ0n) is 7.63. The van der Waals surface area contributed by atoms with Gasteiger partial charge in [0.2, 0.25) is 0 Å². The summed E-state index contributed by atoms with van der Waals surface area (Å²) in [6.07, 6.45) is 5.45. The van der Waals surface area contributed by atoms with Gasteiger partial charge in [0.1, 0.15) is 0 Å². The molecule has 0 amide bonds. The van der Waals surface area contributed by atoms with Crippen LogP contribution in [0.2, 0.25) is 0 Å². The minimum absolute atomic E-state index is 0.944. The fourth-order valence-corrected chi connectivity index (χ4v) is 1.85. The number of hydrogen-bond acceptors (Lipinski definition) is 2. The summed E-state index contributed by atoms with van der Waals surface area (Å²) < 4.78 is 0. The van der Waals surface area contributed by atoms with E-state index < -0.39 is 0 Å². The molecular formula is C10H15NS. The van der Waals surface area contributed by atoms with E-state index in [1.807, 2.05) is 18.4 Å². The highest BCUT2D eigenvalue weighted by atomic mass is 32.1. The fourth-order valence-electron chi connectivity index (χ4n) is 0.967. The molecule has 0 aliphatic rings. The van der Waals surface area contributed by atoms with Gasteiger partial charge in [-0.05, 0) is 31.7 Å². The summed E-state index contributed by atoms with van der Waals surface area (Å²) in [7, 11) is 1.95. The third-order valence-electron chi connectivity index (χ3n) is 1.63. The van der Waals surface area contributed by atoms with Gasteiger partial charge in [-0.3, -0.25) is 0 Å². The summed E-state index contributed by atoms with van der Waals surface area (Å²) in [6.45, 7) is 3.13. The fraction of sp³-hybridized carbons (Fsp3) is 0.400. The first kappa shape index (κ1) is 9.49. The van der Waals surface area contributed by atoms with Crippen LogP contribution in [0.4, 0.5) is 0 Å². The van der Waals surface area contributed by atoms with Crippen LogP contribution in [0.5, 0.6) is 0 Å². The second-order valence-corrected chi connectivity index (χ2v) is 3.82. The van der Waals surface area contributed by atoms with Gasteiger partial charge in [-0.25, -0.2) is 0 Å². The lowest BCUT2D eigenvalue weighted by atomic mass is 10.3. The lowest BCUT2D eigenvalue weighted by Gasteiger charge is -1.87. The summed E-state index contributed by atoms with van der Waals surface area (Å²) >= 11 is 1.87. The van der Waals surface area contributed by atoms with Crippen LogP contribution in [0.3, 0.4) is 0 Å². The molecule has 0 aromatic carbocycles. The average molecular weight is 181 g/mol. The van der Waals surface area contributed by atoms with E-state index >= 15 is 0 Å². The van der Waals surface area contributed by atoms with Gasteiger partial charge in [0.05, 0.1) is 0 Å². The van der Waals surface area contributed by atoms with Crippen LogP contribution in [-0.4, -0.2) is 13.6 Å². The van der Waals surface area contributed by atoms with Gasteiger partial charge in [-0.1, -0.05) is 13.0 Å². The molecule has 12 heavy (non-hydrogen) atoms. The molecule has 1 aromatic rings. The predicted octanol–water partition coefficient (Wildman–Crippen LogP) is 2.54. The van der Waals surface area contributed by atoms with Crippen LogP contribution in [0.1, 0.15) is 16.7 Å². The highest BCUT2D eigenvalue weighted by Crippen LogP contribution is 2.17. The van der Waals surface area contributed by atoms with Crippen molar-refractivity contribution in [2.45, 2.75) is 13.3 Å². The molecule has 1 aromatic heterocycles. The molecule has 1 N–H and O–H groups in total. The van der Waals surface area contributed by atoms with E-state index in [1.165, 1.54) is 9.75 Å². The molecule has 0 fully saturated rings. The molecule has 0 saturated heterocycles. The molecule has 0 spiro atoms. The summed E-state index contributed by atoms with van der Waals surface area (Å²) in [5, 5.41) is 3.08. The molecule has 0 bridgehead atoms. The smallest absolute Gasteiger partial charge is 0.0270 e. The molecule has 1 heterocycles. The first-order chi connectivity index (χ1) is 5.86. The normalized spacial score (nSPS) is 11.2. The highest BCUT2D eigenvalue weighted by Gasteiger charge is 1.92. The van der Waals surface area contributed by atoms with Crippen molar-refractivity contribution in [1.29, 1.82) is 0 Å². The number of aryl methyl sites for hydroxylation is 1. The lowest BCUT2D eigenvalue weighted by Crippen LogP contribution is -2.03. The molecule has 0 aliphatic heterocycles. The topological polar surface area (TPSA) is 12.0 Å². The monoisotopic (exact) mass is 181 g/mol. The van der Waals surface area contributed by atoms with Gasteiger partial charge in [0.15, 0.2) is 0 Å². The molecule has 0 radical (unpaired) electrons. The van der Waals surface area contributed by atoms with Crippen LogP contribution in [0.15, 0.2) is 18.2 Å². The van der Waals surface area contributed by atoms with Gasteiger partial charge < -0.3 is 5.32 Å². The van der Waals surface area contributed by atoms with Gasteiger partial charge in [0, 0.05) is 16.3 Å². The Bertz CT molecular complexity index is 250. The van der Waals surface area contributed by atoms with Crippen molar-refractivity contribution in [2.24, 2.45) is 0 Å². The number of thiophene rings is 1. The van der Waals surface area contributed by atoms with Crippen molar-refractivity contribution in [2.75, 3.05) is 13.6 Å². The Balaban J connectivity index is 2.51. The molecule has 0 atom stereocenters. The minimum Gasteiger partial charge on any atom is -0.316 e. The first-order valence-corrected chi connectivity index (χ1v) is 5.08. The highest BCUT2D eigenvalue weighted by molar-refractivity contribution is 7.12. The van der Waals surface area contributed by atoms with E-state index in [9.17, 15) is 0 Å². The predicted molar refractivity (Wildman–Crippen MR) is 56.7 cm³/mol. The Hall–Kier alpha value is -0.600. The SMILES string of the molecule is CCc1ccc(C=CCNC)s1. The maximum Gasteiger partial charge on any atom is 0.0270 e. The van der Waals surface area contributed by atoms with Crippen LogP contribution in [0, 0.1) is 0 Å². The lowest BCUT2D eigenvalue weighted by molar-refractivity contribution is 0.922. The average Bonchev–Trinajstić information content (AvgIpc) is 2.53. The number of likely N-dealkylation sites (N-methyl/N-ethyl adjacent to an activating group) is 1. The molecule has 0 saturated carbocycles. The largest absolute Gasteiger partial charge is 0.316 e. The van der Waals surface area contributed by atoms with E-state index in [-0.39, 0.29) is 0 Å². The number of nitrogens with one attached hydrogen (secondary N) is 1. The summed E-state index contributed by atoms with van der Waals surface area (Å²) in [4.78, 5) is 2.81. The van der Waals surface area contributed by atoms with Crippen molar-refractivity contribution < 1.29 is 0 Å². The third kappa shape index (κ3) is 2.80. The quantitative estimate of drug-likeness (QED) is 0.752. The Labute approximate surface area is 78.1 Å². The van der Waals surface area contributed by atoms with E-state index in [2.05, 4.69) is 36.5 Å². The summed E-state index contributed by atoms with van der Waals surface area (Å²) in [5.74, 6) is 0. The van der Waals surface area contributed by atoms with Gasteiger partial charge >= 0.3 is 0 Å². The second kappa shape index (κ2) is 5.12. The zero-order valence-corrected chi connectivity index (χ0v) is 8.45. The molecular weight excluding hydrogens is 166 g/mol. The molecule has 1 rings (SSSR count). The van der Waals surface area contributed by atoms with Crippen molar-refractivity contribution in [3.8, 4) is 0 Å². The van der Waals surface area contributed by atoms with E-state index in [4.69, 9.17) is 0 Å². The zero-order chi connectivity index (χ0) is 8.81. The van der Waals surface area contributed by atoms with Crippen molar-refractivity contribution in [3.05, 3.63) is 28.0 Å². The standard InChI is InChI=1S/C10H15NS/c1-3-9-6-7-10(12-9)5-4-8-11-2/h4-7,11H,3,8H2,1-2H3. The van der Waals surface area contributed by atoms with Crippen LogP contribution >= 0.6 is 11.3 Å². The molecule has 0 aliphatic carbocycles. The summed E-state index contributed by atoms with van der Waals surface area (Å²) in [6, 6.07) is 4.37. The minimum atomic E-state index is 0.944. The van der Waals surface area contributed by atoms with Gasteiger partial charge in [-0.2, -0.15) is 0 Å². The first-order valence-electron chi connectivity index (χ1n) is 4.26. The number of rotatable bonds is 4. The van der Waals surface area contributed by atoms with E-state index in [0.29, 0.717) is 0 Å². The second-order valence-electron chi connectivity index (χ2n) is 2.62. The van der Waals surface area contributed by atoms with Crippen LogP contribution in [-0.2, 0) is 6.42 Å². The maximum atomic E-state index is 3.08. The molecule has 66 valence electrons. The Morgan fingerprint density at radius 2 is 2.33 bits per heavy atom. The van der Waals surface area contributed by atoms with Crippen molar-refractivity contribution in [3.63, 3.8) is 0 Å². The molecule has 2 heteroatoms. The number of hydrogen-bond donors (Lipinski definition) is 1. The van der Waals surface area contributed by atoms with Crippen molar-refractivity contribution >= 4 is 17.4 Å². The Morgan fingerprint density at radius 1 is 1.50 bits per heavy atom.